The number of imidazole rings is 1. The summed E-state index contributed by atoms with van der Waals surface area (Å²) < 4.78 is 7.63. The van der Waals surface area contributed by atoms with Crippen molar-refractivity contribution in [1.29, 1.82) is 0 Å². The molecule has 0 aliphatic carbocycles. The van der Waals surface area contributed by atoms with Crippen molar-refractivity contribution >= 4 is 11.2 Å². The van der Waals surface area contributed by atoms with Gasteiger partial charge in [-0.1, -0.05) is 56.3 Å². The molecule has 0 aliphatic heterocycles. The van der Waals surface area contributed by atoms with Crippen LogP contribution in [0.1, 0.15) is 55.0 Å². The molecule has 0 spiro atoms. The van der Waals surface area contributed by atoms with Crippen LogP contribution in [0.15, 0.2) is 48.5 Å². The molecule has 0 radical (unpaired) electrons. The lowest BCUT2D eigenvalue weighted by Crippen LogP contribution is -2.13. The van der Waals surface area contributed by atoms with Gasteiger partial charge in [0.15, 0.2) is 5.65 Å². The molecule has 0 fully saturated rings. The lowest BCUT2D eigenvalue weighted by atomic mass is 9.92. The van der Waals surface area contributed by atoms with Gasteiger partial charge in [0, 0.05) is 31.2 Å². The highest BCUT2D eigenvalue weighted by Crippen LogP contribution is 2.34. The van der Waals surface area contributed by atoms with E-state index in [9.17, 15) is 0 Å². The van der Waals surface area contributed by atoms with Gasteiger partial charge in [-0.25, -0.2) is 9.97 Å². The molecule has 1 N–H and O–H groups in total. The number of nitrogens with zero attached hydrogens (tertiary/aromatic N) is 6. The van der Waals surface area contributed by atoms with Gasteiger partial charge in [0.1, 0.15) is 11.3 Å². The van der Waals surface area contributed by atoms with E-state index in [0.29, 0.717) is 12.4 Å². The quantitative estimate of drug-likeness (QED) is 0.290. The highest BCUT2D eigenvalue weighted by molar-refractivity contribution is 5.81. The minimum absolute atomic E-state index is 0.0842. The monoisotopic (exact) mass is 495 g/mol. The molecular formula is C29H33N7O. The van der Waals surface area contributed by atoms with Gasteiger partial charge in [-0.3, -0.25) is 0 Å². The number of ether oxygens (including phenoxy) is 1. The molecule has 37 heavy (non-hydrogen) atoms. The Bertz CT molecular complexity index is 1520. The van der Waals surface area contributed by atoms with Gasteiger partial charge in [0.25, 0.3) is 0 Å². The first kappa shape index (κ1) is 24.8. The first-order valence-corrected chi connectivity index (χ1v) is 12.9. The average molecular weight is 496 g/mol. The number of pyridine rings is 1. The molecular weight excluding hydrogens is 462 g/mol. The Morgan fingerprint density at radius 2 is 1.81 bits per heavy atom. The van der Waals surface area contributed by atoms with Crippen LogP contribution >= 0.6 is 0 Å². The van der Waals surface area contributed by atoms with Crippen molar-refractivity contribution in [3.05, 3.63) is 76.7 Å². The molecule has 8 nitrogen and oxygen atoms in total. The van der Waals surface area contributed by atoms with Gasteiger partial charge < -0.3 is 9.30 Å². The van der Waals surface area contributed by atoms with E-state index in [1.165, 1.54) is 11.1 Å². The number of benzene rings is 2. The van der Waals surface area contributed by atoms with Crippen molar-refractivity contribution in [2.75, 3.05) is 13.7 Å². The smallest absolute Gasteiger partial charge is 0.205 e. The second-order valence-corrected chi connectivity index (χ2v) is 9.32. The summed E-state index contributed by atoms with van der Waals surface area (Å²) in [5, 5.41) is 14.7. The molecule has 190 valence electrons. The number of tetrazole rings is 1. The van der Waals surface area contributed by atoms with Crippen LogP contribution in [-0.2, 0) is 24.0 Å². The van der Waals surface area contributed by atoms with E-state index < -0.39 is 0 Å². The van der Waals surface area contributed by atoms with Crippen LogP contribution in [0.25, 0.3) is 33.7 Å². The van der Waals surface area contributed by atoms with Crippen LogP contribution in [-0.4, -0.2) is 48.9 Å². The Hall–Kier alpha value is -3.91. The number of aromatic amines is 1. The number of methoxy groups -OCH3 is 1. The molecule has 5 aromatic rings. The first-order chi connectivity index (χ1) is 18.0. The normalized spacial score (nSPS) is 12.4. The highest BCUT2D eigenvalue weighted by Gasteiger charge is 2.22. The molecule has 0 bridgehead atoms. The number of aryl methyl sites for hydroxylation is 3. The number of rotatable bonds is 9. The number of H-pyrrole nitrogens is 1. The molecule has 2 aromatic carbocycles. The van der Waals surface area contributed by atoms with E-state index in [4.69, 9.17) is 14.7 Å². The second kappa shape index (κ2) is 10.6. The van der Waals surface area contributed by atoms with Gasteiger partial charge >= 0.3 is 0 Å². The zero-order chi connectivity index (χ0) is 25.9. The zero-order valence-corrected chi connectivity index (χ0v) is 22.1. The molecule has 0 unspecified atom stereocenters. The van der Waals surface area contributed by atoms with Gasteiger partial charge in [-0.05, 0) is 59.4 Å². The highest BCUT2D eigenvalue weighted by atomic mass is 16.5. The Kier molecular flexibility index (Phi) is 7.10. The molecule has 3 aromatic heterocycles. The number of nitrogens with one attached hydrogen (secondary N) is 1. The largest absolute Gasteiger partial charge is 0.384 e. The molecule has 3 heterocycles. The minimum Gasteiger partial charge on any atom is -0.384 e. The van der Waals surface area contributed by atoms with Gasteiger partial charge in [-0.15, -0.1) is 10.2 Å². The van der Waals surface area contributed by atoms with Crippen LogP contribution < -0.4 is 0 Å². The number of fused-ring (bicyclic) bond motifs is 1. The third kappa shape index (κ3) is 4.64. The first-order valence-electron chi connectivity index (χ1n) is 12.9. The van der Waals surface area contributed by atoms with Crippen molar-refractivity contribution in [3.8, 4) is 22.5 Å². The Morgan fingerprint density at radius 1 is 1.00 bits per heavy atom. The molecule has 0 saturated carbocycles. The fourth-order valence-electron chi connectivity index (χ4n) is 5.15. The van der Waals surface area contributed by atoms with Crippen LogP contribution in [0.2, 0.25) is 0 Å². The SMILES string of the molecule is CCc1cc(-c2ccccc2-c2nn[nH]n2)ccc1[C@H](C)n1c(CC)nc2c(C)cc(CCOC)nc21. The van der Waals surface area contributed by atoms with Crippen molar-refractivity contribution in [1.82, 2.24) is 35.2 Å². The predicted octanol–water partition coefficient (Wildman–Crippen LogP) is 5.51. The van der Waals surface area contributed by atoms with Gasteiger partial charge in [0.05, 0.1) is 12.6 Å². The van der Waals surface area contributed by atoms with E-state index in [0.717, 1.165) is 64.2 Å². The molecule has 0 amide bonds. The Morgan fingerprint density at radius 3 is 2.51 bits per heavy atom. The number of aromatic nitrogens is 7. The fourth-order valence-corrected chi connectivity index (χ4v) is 5.15. The summed E-state index contributed by atoms with van der Waals surface area (Å²) in [4.78, 5) is 10.1. The lowest BCUT2D eigenvalue weighted by Gasteiger charge is -2.21. The van der Waals surface area contributed by atoms with Crippen molar-refractivity contribution in [3.63, 3.8) is 0 Å². The molecule has 1 atom stereocenters. The predicted molar refractivity (Wildman–Crippen MR) is 145 cm³/mol. The number of hydrogen-bond acceptors (Lipinski definition) is 6. The summed E-state index contributed by atoms with van der Waals surface area (Å²) in [6.45, 7) is 9.38. The van der Waals surface area contributed by atoms with E-state index >= 15 is 0 Å². The third-order valence-electron chi connectivity index (χ3n) is 7.03. The summed E-state index contributed by atoms with van der Waals surface area (Å²) in [6, 6.07) is 17.1. The van der Waals surface area contributed by atoms with E-state index in [-0.39, 0.29) is 6.04 Å². The summed E-state index contributed by atoms with van der Waals surface area (Å²) in [5.41, 5.74) is 9.86. The maximum absolute atomic E-state index is 5.31. The van der Waals surface area contributed by atoms with Crippen molar-refractivity contribution < 1.29 is 4.74 Å². The molecule has 0 aliphatic rings. The topological polar surface area (TPSA) is 94.4 Å². The van der Waals surface area contributed by atoms with E-state index in [1.807, 2.05) is 18.2 Å². The van der Waals surface area contributed by atoms with Gasteiger partial charge in [0.2, 0.25) is 5.82 Å². The summed E-state index contributed by atoms with van der Waals surface area (Å²) >= 11 is 0. The third-order valence-corrected chi connectivity index (χ3v) is 7.03. The van der Waals surface area contributed by atoms with Crippen LogP contribution in [0, 0.1) is 6.92 Å². The summed E-state index contributed by atoms with van der Waals surface area (Å²) in [6.07, 6.45) is 2.53. The van der Waals surface area contributed by atoms with Crippen LogP contribution in [0.5, 0.6) is 0 Å². The maximum atomic E-state index is 5.31. The average Bonchev–Trinajstić information content (AvgIpc) is 3.60. The Balaban J connectivity index is 1.60. The standard InChI is InChI=1S/C29H33N7O/c1-6-20-17-21(24-10-8-9-11-25(24)28-32-34-35-33-28)12-13-23(20)19(4)36-26(7-2)31-27-18(3)16-22(14-15-37-5)30-29(27)36/h8-13,16-17,19H,6-7,14-15H2,1-5H3,(H,32,33,34,35)/t19-/m0/s1. The summed E-state index contributed by atoms with van der Waals surface area (Å²) in [7, 11) is 1.73. The maximum Gasteiger partial charge on any atom is 0.205 e. The van der Waals surface area contributed by atoms with E-state index in [1.54, 1.807) is 7.11 Å². The summed E-state index contributed by atoms with van der Waals surface area (Å²) in [5.74, 6) is 1.64. The van der Waals surface area contributed by atoms with Crippen LogP contribution in [0.3, 0.4) is 0 Å². The van der Waals surface area contributed by atoms with E-state index in [2.05, 4.69) is 83.2 Å². The minimum atomic E-state index is 0.0842. The van der Waals surface area contributed by atoms with Crippen molar-refractivity contribution in [2.45, 2.75) is 53.0 Å². The Labute approximate surface area is 217 Å². The van der Waals surface area contributed by atoms with Crippen molar-refractivity contribution in [2.24, 2.45) is 0 Å². The number of hydrogen-bond donors (Lipinski definition) is 1. The fraction of sp³-hybridized carbons (Fsp3) is 0.345. The lowest BCUT2D eigenvalue weighted by molar-refractivity contribution is 0.201. The molecule has 5 rings (SSSR count). The zero-order valence-electron chi connectivity index (χ0n) is 22.1. The van der Waals surface area contributed by atoms with Crippen LogP contribution in [0.4, 0.5) is 0 Å². The second-order valence-electron chi connectivity index (χ2n) is 9.32. The molecule has 8 heteroatoms. The molecule has 0 saturated heterocycles. The van der Waals surface area contributed by atoms with Gasteiger partial charge in [-0.2, -0.15) is 5.21 Å².